The quantitative estimate of drug-likeness (QED) is 0.875. The zero-order valence-electron chi connectivity index (χ0n) is 12.9. The number of amides is 2. The molecule has 0 spiro atoms. The van der Waals surface area contributed by atoms with Gasteiger partial charge in [0.2, 0.25) is 10.0 Å². The van der Waals surface area contributed by atoms with E-state index in [-0.39, 0.29) is 0 Å². The van der Waals surface area contributed by atoms with Crippen LogP contribution in [0.2, 0.25) is 5.02 Å². The molecule has 0 bridgehead atoms. The van der Waals surface area contributed by atoms with Crippen molar-refractivity contribution in [1.82, 2.24) is 0 Å². The van der Waals surface area contributed by atoms with Crippen LogP contribution in [0.4, 0.5) is 21.9 Å². The monoisotopic (exact) mass is 365 g/mol. The van der Waals surface area contributed by atoms with E-state index >= 15 is 0 Å². The number of carbonyl (C=O) groups excluding carboxylic acids is 1. The highest BCUT2D eigenvalue weighted by atomic mass is 35.5. The molecule has 0 saturated heterocycles. The van der Waals surface area contributed by atoms with Crippen LogP contribution in [0.1, 0.15) is 5.56 Å². The Balaban J connectivity index is 1.72. The lowest BCUT2D eigenvalue weighted by atomic mass is 10.1. The van der Waals surface area contributed by atoms with Crippen molar-refractivity contribution in [3.63, 3.8) is 0 Å². The Hall–Kier alpha value is -2.25. The molecule has 126 valence electrons. The number of urea groups is 1. The molecule has 3 rings (SSSR count). The van der Waals surface area contributed by atoms with Crippen molar-refractivity contribution in [3.05, 3.63) is 53.1 Å². The largest absolute Gasteiger partial charge is 0.323 e. The number of nitrogens with one attached hydrogen (secondary N) is 2. The standard InChI is InChI=1S/C16H16ClN3O3S/c1-24(22,23)20-8-7-11-9-14(5-6-15(11)20)19-16(21)18-13-4-2-3-12(17)10-13/h2-6,9-10H,7-8H2,1H3,(H2,18,19,21). The van der Waals surface area contributed by atoms with E-state index in [1.807, 2.05) is 0 Å². The van der Waals surface area contributed by atoms with Crippen molar-refractivity contribution in [1.29, 1.82) is 0 Å². The van der Waals surface area contributed by atoms with Gasteiger partial charge >= 0.3 is 6.03 Å². The van der Waals surface area contributed by atoms with E-state index in [1.165, 1.54) is 10.6 Å². The van der Waals surface area contributed by atoms with Crippen LogP contribution in [0.3, 0.4) is 0 Å². The second-order valence-corrected chi connectivity index (χ2v) is 7.86. The lowest BCUT2D eigenvalue weighted by molar-refractivity contribution is 0.262. The van der Waals surface area contributed by atoms with Crippen LogP contribution in [0.25, 0.3) is 0 Å². The van der Waals surface area contributed by atoms with Gasteiger partial charge in [0.05, 0.1) is 11.9 Å². The molecular formula is C16H16ClN3O3S. The summed E-state index contributed by atoms with van der Waals surface area (Å²) in [4.78, 5) is 12.0. The van der Waals surface area contributed by atoms with Crippen LogP contribution in [-0.2, 0) is 16.4 Å². The predicted molar refractivity (Wildman–Crippen MR) is 96.4 cm³/mol. The van der Waals surface area contributed by atoms with Crippen LogP contribution in [0.15, 0.2) is 42.5 Å². The third kappa shape index (κ3) is 3.63. The first-order valence-corrected chi connectivity index (χ1v) is 9.50. The number of anilines is 3. The van der Waals surface area contributed by atoms with Crippen molar-refractivity contribution in [2.75, 3.05) is 27.7 Å². The topological polar surface area (TPSA) is 78.5 Å². The summed E-state index contributed by atoms with van der Waals surface area (Å²) in [6, 6.07) is 11.6. The van der Waals surface area contributed by atoms with E-state index in [9.17, 15) is 13.2 Å². The first kappa shape index (κ1) is 16.6. The van der Waals surface area contributed by atoms with E-state index < -0.39 is 16.1 Å². The minimum Gasteiger partial charge on any atom is -0.308 e. The molecule has 0 atom stereocenters. The Labute approximate surface area is 145 Å². The maximum atomic E-state index is 12.0. The Bertz CT molecular complexity index is 899. The highest BCUT2D eigenvalue weighted by molar-refractivity contribution is 7.92. The molecule has 0 aliphatic carbocycles. The SMILES string of the molecule is CS(=O)(=O)N1CCc2cc(NC(=O)Nc3cccc(Cl)c3)ccc21. The van der Waals surface area contributed by atoms with Gasteiger partial charge in [-0.2, -0.15) is 0 Å². The molecule has 1 aliphatic heterocycles. The van der Waals surface area contributed by atoms with Gasteiger partial charge in [0.1, 0.15) is 0 Å². The fourth-order valence-corrected chi connectivity index (χ4v) is 3.80. The molecule has 2 aromatic rings. The average molecular weight is 366 g/mol. The molecule has 8 heteroatoms. The summed E-state index contributed by atoms with van der Waals surface area (Å²) in [6.07, 6.45) is 1.81. The molecule has 6 nitrogen and oxygen atoms in total. The predicted octanol–water partition coefficient (Wildman–Crippen LogP) is 3.31. The maximum Gasteiger partial charge on any atom is 0.323 e. The molecule has 1 aliphatic rings. The third-order valence-corrected chi connectivity index (χ3v) is 5.09. The lowest BCUT2D eigenvalue weighted by Gasteiger charge is -2.16. The number of carbonyl (C=O) groups is 1. The molecular weight excluding hydrogens is 350 g/mol. The maximum absolute atomic E-state index is 12.0. The molecule has 2 aromatic carbocycles. The molecule has 0 saturated carbocycles. The Morgan fingerprint density at radius 3 is 2.50 bits per heavy atom. The lowest BCUT2D eigenvalue weighted by Crippen LogP contribution is -2.27. The van der Waals surface area contributed by atoms with Crippen LogP contribution in [0.5, 0.6) is 0 Å². The van der Waals surface area contributed by atoms with Crippen LogP contribution in [0, 0.1) is 0 Å². The van der Waals surface area contributed by atoms with Gasteiger partial charge in [0, 0.05) is 22.9 Å². The van der Waals surface area contributed by atoms with Gasteiger partial charge in [-0.1, -0.05) is 17.7 Å². The van der Waals surface area contributed by atoms with E-state index in [0.717, 1.165) is 5.56 Å². The first-order valence-electron chi connectivity index (χ1n) is 7.27. The number of hydrogen-bond donors (Lipinski definition) is 2. The molecule has 24 heavy (non-hydrogen) atoms. The smallest absolute Gasteiger partial charge is 0.308 e. The normalized spacial score (nSPS) is 13.5. The fraction of sp³-hybridized carbons (Fsp3) is 0.188. The third-order valence-electron chi connectivity index (χ3n) is 3.67. The molecule has 0 aromatic heterocycles. The van der Waals surface area contributed by atoms with Gasteiger partial charge in [-0.15, -0.1) is 0 Å². The van der Waals surface area contributed by atoms with Gasteiger partial charge in [-0.3, -0.25) is 4.31 Å². The fourth-order valence-electron chi connectivity index (χ4n) is 2.65. The summed E-state index contributed by atoms with van der Waals surface area (Å²) in [5.74, 6) is 0. The second kappa shape index (κ2) is 6.33. The van der Waals surface area contributed by atoms with Crippen LogP contribution >= 0.6 is 11.6 Å². The number of fused-ring (bicyclic) bond motifs is 1. The van der Waals surface area contributed by atoms with Crippen molar-refractivity contribution < 1.29 is 13.2 Å². The highest BCUT2D eigenvalue weighted by Crippen LogP contribution is 2.32. The van der Waals surface area contributed by atoms with Crippen molar-refractivity contribution in [3.8, 4) is 0 Å². The number of hydrogen-bond acceptors (Lipinski definition) is 3. The number of nitrogens with zero attached hydrogens (tertiary/aromatic N) is 1. The van der Waals surface area contributed by atoms with E-state index in [2.05, 4.69) is 10.6 Å². The highest BCUT2D eigenvalue weighted by Gasteiger charge is 2.26. The molecule has 0 unspecified atom stereocenters. The van der Waals surface area contributed by atoms with Gasteiger partial charge in [0.25, 0.3) is 0 Å². The summed E-state index contributed by atoms with van der Waals surface area (Å²) >= 11 is 5.88. The van der Waals surface area contributed by atoms with Crippen LogP contribution in [-0.4, -0.2) is 27.2 Å². The van der Waals surface area contributed by atoms with Gasteiger partial charge in [0.15, 0.2) is 0 Å². The van der Waals surface area contributed by atoms with Crippen molar-refractivity contribution >= 4 is 44.7 Å². The van der Waals surface area contributed by atoms with Crippen molar-refractivity contribution in [2.45, 2.75) is 6.42 Å². The average Bonchev–Trinajstić information content (AvgIpc) is 2.90. The number of halogens is 1. The number of sulfonamides is 1. The van der Waals surface area contributed by atoms with E-state index in [4.69, 9.17) is 11.6 Å². The molecule has 1 heterocycles. The summed E-state index contributed by atoms with van der Waals surface area (Å²) in [5, 5.41) is 5.96. The molecule has 0 fully saturated rings. The second-order valence-electron chi connectivity index (χ2n) is 5.52. The summed E-state index contributed by atoms with van der Waals surface area (Å²) in [6.45, 7) is 0.423. The number of rotatable bonds is 3. The summed E-state index contributed by atoms with van der Waals surface area (Å²) in [5.41, 5.74) is 2.74. The summed E-state index contributed by atoms with van der Waals surface area (Å²) in [7, 11) is -3.28. The first-order chi connectivity index (χ1) is 11.3. The van der Waals surface area contributed by atoms with Crippen molar-refractivity contribution in [2.24, 2.45) is 0 Å². The summed E-state index contributed by atoms with van der Waals surface area (Å²) < 4.78 is 24.8. The van der Waals surface area contributed by atoms with Gasteiger partial charge < -0.3 is 10.6 Å². The van der Waals surface area contributed by atoms with Crippen LogP contribution < -0.4 is 14.9 Å². The molecule has 2 amide bonds. The Morgan fingerprint density at radius 2 is 1.83 bits per heavy atom. The van der Waals surface area contributed by atoms with Gasteiger partial charge in [-0.05, 0) is 48.4 Å². The van der Waals surface area contributed by atoms with Gasteiger partial charge in [-0.25, -0.2) is 13.2 Å². The molecule has 0 radical (unpaired) electrons. The minimum atomic E-state index is -3.28. The Kier molecular flexibility index (Phi) is 4.38. The number of benzene rings is 2. The zero-order chi connectivity index (χ0) is 17.3. The molecule has 2 N–H and O–H groups in total. The minimum absolute atomic E-state index is 0.393. The Morgan fingerprint density at radius 1 is 1.12 bits per heavy atom. The van der Waals surface area contributed by atoms with E-state index in [0.29, 0.717) is 35.1 Å². The zero-order valence-corrected chi connectivity index (χ0v) is 14.5. The van der Waals surface area contributed by atoms with E-state index in [1.54, 1.807) is 42.5 Å².